The van der Waals surface area contributed by atoms with Crippen LogP contribution in [0.2, 0.25) is 0 Å². The van der Waals surface area contributed by atoms with Gasteiger partial charge in [0.05, 0.1) is 17.0 Å². The third-order valence-electron chi connectivity index (χ3n) is 4.39. The van der Waals surface area contributed by atoms with Gasteiger partial charge in [-0.1, -0.05) is 30.3 Å². The summed E-state index contributed by atoms with van der Waals surface area (Å²) in [6.07, 6.45) is 1.86. The van der Waals surface area contributed by atoms with Crippen LogP contribution in [0.5, 0.6) is 0 Å². The number of likely N-dealkylation sites (tertiary alicyclic amines) is 1. The molecule has 0 N–H and O–H groups in total. The summed E-state index contributed by atoms with van der Waals surface area (Å²) in [6, 6.07) is 12.5. The molecular weight excluding hydrogens is 294 g/mol. The number of rotatable bonds is 4. The second kappa shape index (κ2) is 6.63. The number of benzene rings is 1. The zero-order valence-corrected chi connectivity index (χ0v) is 13.8. The molecule has 1 fully saturated rings. The third-order valence-corrected chi connectivity index (χ3v) is 5.40. The van der Waals surface area contributed by atoms with Crippen molar-refractivity contribution in [2.45, 2.75) is 31.9 Å². The van der Waals surface area contributed by atoms with Crippen molar-refractivity contribution in [1.82, 2.24) is 4.90 Å². The van der Waals surface area contributed by atoms with Crippen LogP contribution in [-0.4, -0.2) is 36.6 Å². The average Bonchev–Trinajstić information content (AvgIpc) is 3.14. The predicted octanol–water partition coefficient (Wildman–Crippen LogP) is 3.53. The summed E-state index contributed by atoms with van der Waals surface area (Å²) >= 11 is 1.53. The van der Waals surface area contributed by atoms with Crippen LogP contribution < -0.4 is 0 Å². The molecule has 3 nitrogen and oxygen atoms in total. The van der Waals surface area contributed by atoms with E-state index in [1.807, 2.05) is 41.5 Å². The van der Waals surface area contributed by atoms with Gasteiger partial charge in [0.15, 0.2) is 0 Å². The highest BCUT2D eigenvalue weighted by Crippen LogP contribution is 2.28. The molecule has 0 bridgehead atoms. The maximum absolute atomic E-state index is 12.9. The molecule has 0 spiro atoms. The normalized spacial score (nSPS) is 21.3. The van der Waals surface area contributed by atoms with E-state index in [4.69, 9.17) is 4.74 Å². The van der Waals surface area contributed by atoms with E-state index in [-0.39, 0.29) is 18.1 Å². The van der Waals surface area contributed by atoms with Crippen molar-refractivity contribution in [2.75, 3.05) is 13.7 Å². The van der Waals surface area contributed by atoms with Gasteiger partial charge in [-0.25, -0.2) is 0 Å². The smallest absolute Gasteiger partial charge is 0.264 e. The first-order valence-electron chi connectivity index (χ1n) is 7.62. The molecule has 0 saturated carbocycles. The van der Waals surface area contributed by atoms with E-state index in [1.165, 1.54) is 16.9 Å². The van der Waals surface area contributed by atoms with Crippen LogP contribution in [-0.2, 0) is 11.2 Å². The van der Waals surface area contributed by atoms with Crippen LogP contribution in [0.25, 0.3) is 0 Å². The molecule has 1 aromatic carbocycles. The Morgan fingerprint density at radius 3 is 2.73 bits per heavy atom. The lowest BCUT2D eigenvalue weighted by molar-refractivity contribution is 0.0511. The number of nitrogens with zero attached hydrogens (tertiary/aromatic N) is 1. The summed E-state index contributed by atoms with van der Waals surface area (Å²) in [4.78, 5) is 15.7. The van der Waals surface area contributed by atoms with Gasteiger partial charge in [-0.3, -0.25) is 4.79 Å². The molecule has 4 heteroatoms. The summed E-state index contributed by atoms with van der Waals surface area (Å²) in [6.45, 7) is 2.77. The largest absolute Gasteiger partial charge is 0.379 e. The first-order valence-corrected chi connectivity index (χ1v) is 8.50. The highest BCUT2D eigenvalue weighted by atomic mass is 32.1. The summed E-state index contributed by atoms with van der Waals surface area (Å²) in [7, 11) is 1.74. The van der Waals surface area contributed by atoms with E-state index in [2.05, 4.69) is 12.1 Å². The Bertz CT molecular complexity index is 638. The average molecular weight is 315 g/mol. The zero-order chi connectivity index (χ0) is 15.5. The van der Waals surface area contributed by atoms with Crippen LogP contribution in [0.1, 0.15) is 27.2 Å². The Morgan fingerprint density at radius 1 is 1.32 bits per heavy atom. The van der Waals surface area contributed by atoms with E-state index in [9.17, 15) is 4.79 Å². The third kappa shape index (κ3) is 2.94. The maximum atomic E-state index is 12.9. The fourth-order valence-corrected chi connectivity index (χ4v) is 4.05. The minimum Gasteiger partial charge on any atom is -0.379 e. The molecule has 1 aliphatic heterocycles. The Labute approximate surface area is 135 Å². The lowest BCUT2D eigenvalue weighted by Gasteiger charge is -2.27. The molecule has 1 saturated heterocycles. The number of carbonyl (C=O) groups excluding carboxylic acids is 1. The lowest BCUT2D eigenvalue weighted by Crippen LogP contribution is -2.41. The van der Waals surface area contributed by atoms with Gasteiger partial charge in [0.2, 0.25) is 0 Å². The van der Waals surface area contributed by atoms with Crippen molar-refractivity contribution < 1.29 is 9.53 Å². The van der Waals surface area contributed by atoms with Gasteiger partial charge in [-0.15, -0.1) is 11.3 Å². The van der Waals surface area contributed by atoms with E-state index in [0.29, 0.717) is 0 Å². The Hall–Kier alpha value is -1.65. The highest BCUT2D eigenvalue weighted by molar-refractivity contribution is 7.12. The second-order valence-corrected chi connectivity index (χ2v) is 6.67. The molecule has 2 heterocycles. The predicted molar refractivity (Wildman–Crippen MR) is 89.4 cm³/mol. The number of amides is 1. The molecule has 0 radical (unpaired) electrons. The number of thiophene rings is 1. The molecule has 1 aromatic heterocycles. The van der Waals surface area contributed by atoms with Crippen LogP contribution in [0.15, 0.2) is 41.8 Å². The van der Waals surface area contributed by atoms with Gasteiger partial charge in [0.25, 0.3) is 5.91 Å². The first kappa shape index (κ1) is 15.3. The van der Waals surface area contributed by atoms with Crippen LogP contribution in [0.4, 0.5) is 0 Å². The molecule has 116 valence electrons. The number of hydrogen-bond donors (Lipinski definition) is 0. The van der Waals surface area contributed by atoms with E-state index in [1.54, 1.807) is 7.11 Å². The van der Waals surface area contributed by atoms with Gasteiger partial charge in [-0.2, -0.15) is 0 Å². The van der Waals surface area contributed by atoms with Crippen molar-refractivity contribution in [1.29, 1.82) is 0 Å². The van der Waals surface area contributed by atoms with E-state index < -0.39 is 0 Å². The summed E-state index contributed by atoms with van der Waals surface area (Å²) in [5.41, 5.74) is 2.31. The van der Waals surface area contributed by atoms with Crippen molar-refractivity contribution in [3.63, 3.8) is 0 Å². The second-order valence-electron chi connectivity index (χ2n) is 5.75. The maximum Gasteiger partial charge on any atom is 0.264 e. The molecule has 1 aliphatic rings. The monoisotopic (exact) mass is 315 g/mol. The Kier molecular flexibility index (Phi) is 4.60. The van der Waals surface area contributed by atoms with Crippen molar-refractivity contribution in [3.05, 3.63) is 57.8 Å². The first-order chi connectivity index (χ1) is 10.7. The number of methoxy groups -OCH3 is 1. The molecule has 3 rings (SSSR count). The van der Waals surface area contributed by atoms with Crippen LogP contribution in [0, 0.1) is 6.92 Å². The topological polar surface area (TPSA) is 29.5 Å². The van der Waals surface area contributed by atoms with Crippen molar-refractivity contribution >= 4 is 17.2 Å². The minimum atomic E-state index is 0.112. The Balaban J connectivity index is 1.83. The molecule has 0 unspecified atom stereocenters. The molecule has 0 aliphatic carbocycles. The number of carbonyl (C=O) groups is 1. The minimum absolute atomic E-state index is 0.112. The fraction of sp³-hybridized carbons (Fsp3) is 0.389. The van der Waals surface area contributed by atoms with E-state index in [0.717, 1.165) is 29.8 Å². The van der Waals surface area contributed by atoms with Crippen molar-refractivity contribution in [3.8, 4) is 0 Å². The lowest BCUT2D eigenvalue weighted by atomic mass is 10.0. The van der Waals surface area contributed by atoms with Crippen LogP contribution >= 0.6 is 11.3 Å². The molecule has 2 atom stereocenters. The van der Waals surface area contributed by atoms with Crippen LogP contribution in [0.3, 0.4) is 0 Å². The molecule has 22 heavy (non-hydrogen) atoms. The summed E-state index contributed by atoms with van der Waals surface area (Å²) < 4.78 is 5.63. The molecular formula is C18H21NO2S. The van der Waals surface area contributed by atoms with Gasteiger partial charge in [0, 0.05) is 13.7 Å². The summed E-state index contributed by atoms with van der Waals surface area (Å²) in [5.74, 6) is 0.146. The standard InChI is InChI=1S/C18H21NO2S/c1-13-9-11-22-17(13)18(20)19-10-8-16(21-2)15(19)12-14-6-4-3-5-7-14/h3-7,9,11,15-16H,8,10,12H2,1-2H3/t15-,16+/m0/s1. The fourth-order valence-electron chi connectivity index (χ4n) is 3.17. The zero-order valence-electron chi connectivity index (χ0n) is 13.0. The van der Waals surface area contributed by atoms with Gasteiger partial charge >= 0.3 is 0 Å². The molecule has 2 aromatic rings. The summed E-state index contributed by atoms with van der Waals surface area (Å²) in [5, 5.41) is 1.98. The quantitative estimate of drug-likeness (QED) is 0.864. The SMILES string of the molecule is CO[C@@H]1CCN(C(=O)c2sccc2C)[C@H]1Cc1ccccc1. The number of aryl methyl sites for hydroxylation is 1. The van der Waals surface area contributed by atoms with Crippen molar-refractivity contribution in [2.24, 2.45) is 0 Å². The highest BCUT2D eigenvalue weighted by Gasteiger charge is 2.38. The van der Waals surface area contributed by atoms with E-state index >= 15 is 0 Å². The number of ether oxygens (including phenoxy) is 1. The number of hydrogen-bond acceptors (Lipinski definition) is 3. The molecule has 1 amide bonds. The van der Waals surface area contributed by atoms with Gasteiger partial charge in [-0.05, 0) is 42.3 Å². The van der Waals surface area contributed by atoms with Gasteiger partial charge in [0.1, 0.15) is 0 Å². The Morgan fingerprint density at radius 2 is 2.09 bits per heavy atom. The van der Waals surface area contributed by atoms with Gasteiger partial charge < -0.3 is 9.64 Å².